The Morgan fingerprint density at radius 1 is 0.950 bits per heavy atom. The molecule has 0 N–H and O–H groups in total. The maximum Gasteiger partial charge on any atom is 0.337 e. The highest BCUT2D eigenvalue weighted by Gasteiger charge is 2.02. The predicted octanol–water partition coefficient (Wildman–Crippen LogP) is 3.59. The van der Waals surface area contributed by atoms with E-state index in [0.29, 0.717) is 5.56 Å². The summed E-state index contributed by atoms with van der Waals surface area (Å²) < 4.78 is 4.65. The lowest BCUT2D eigenvalue weighted by Gasteiger charge is -1.98. The average Bonchev–Trinajstić information content (AvgIpc) is 2.52. The Kier molecular flexibility index (Phi) is 4.84. The highest BCUT2D eigenvalue weighted by atomic mass is 16.5. The molecule has 1 aromatic carbocycles. The lowest BCUT2D eigenvalue weighted by atomic mass is 10.1. The van der Waals surface area contributed by atoms with Gasteiger partial charge >= 0.3 is 5.97 Å². The zero-order chi connectivity index (χ0) is 14.2. The molecule has 0 aliphatic carbocycles. The number of esters is 1. The number of ether oxygens (including phenoxy) is 1. The van der Waals surface area contributed by atoms with Gasteiger partial charge in [-0.3, -0.25) is 4.98 Å². The van der Waals surface area contributed by atoms with Crippen molar-refractivity contribution in [2.24, 2.45) is 0 Å². The van der Waals surface area contributed by atoms with Crippen molar-refractivity contribution in [2.45, 2.75) is 0 Å². The second-order valence-corrected chi connectivity index (χ2v) is 4.11. The third-order valence-electron chi connectivity index (χ3n) is 2.73. The van der Waals surface area contributed by atoms with E-state index in [1.807, 2.05) is 48.6 Å². The molecule has 0 radical (unpaired) electrons. The summed E-state index contributed by atoms with van der Waals surface area (Å²) in [6, 6.07) is 11.1. The minimum absolute atomic E-state index is 0.321. The first-order valence-electron chi connectivity index (χ1n) is 6.23. The lowest BCUT2D eigenvalue weighted by molar-refractivity contribution is 0.0601. The van der Waals surface area contributed by atoms with Crippen LogP contribution in [0.15, 0.2) is 60.9 Å². The van der Waals surface area contributed by atoms with Crippen LogP contribution in [0.1, 0.15) is 21.5 Å². The average molecular weight is 265 g/mol. The highest BCUT2D eigenvalue weighted by molar-refractivity contribution is 5.89. The summed E-state index contributed by atoms with van der Waals surface area (Å²) in [4.78, 5) is 15.2. The van der Waals surface area contributed by atoms with Crippen LogP contribution in [-0.4, -0.2) is 18.1 Å². The zero-order valence-corrected chi connectivity index (χ0v) is 11.2. The minimum atomic E-state index is -0.321. The van der Waals surface area contributed by atoms with Gasteiger partial charge in [0.1, 0.15) is 0 Å². The number of methoxy groups -OCH3 is 1. The van der Waals surface area contributed by atoms with Crippen LogP contribution >= 0.6 is 0 Å². The van der Waals surface area contributed by atoms with Crippen molar-refractivity contribution in [3.8, 4) is 0 Å². The van der Waals surface area contributed by atoms with Gasteiger partial charge in [0.05, 0.1) is 12.7 Å². The molecular formula is C17H15NO2. The Hall–Kier alpha value is -2.68. The summed E-state index contributed by atoms with van der Waals surface area (Å²) in [7, 11) is 1.38. The fourth-order valence-corrected chi connectivity index (χ4v) is 1.66. The fourth-order valence-electron chi connectivity index (χ4n) is 1.66. The summed E-state index contributed by atoms with van der Waals surface area (Å²) in [5, 5.41) is 0. The van der Waals surface area contributed by atoms with Crippen molar-refractivity contribution in [1.29, 1.82) is 0 Å². The largest absolute Gasteiger partial charge is 0.465 e. The third kappa shape index (κ3) is 3.92. The highest BCUT2D eigenvalue weighted by Crippen LogP contribution is 2.08. The maximum atomic E-state index is 11.3. The third-order valence-corrected chi connectivity index (χ3v) is 2.73. The topological polar surface area (TPSA) is 39.2 Å². The van der Waals surface area contributed by atoms with Crippen LogP contribution in [0.25, 0.3) is 12.2 Å². The molecule has 0 unspecified atom stereocenters. The number of allylic oxidation sites excluding steroid dienone is 2. The number of carbonyl (C=O) groups excluding carboxylic acids is 1. The molecule has 3 heteroatoms. The molecular weight excluding hydrogens is 250 g/mol. The van der Waals surface area contributed by atoms with Crippen LogP contribution in [-0.2, 0) is 4.74 Å². The molecule has 0 aliphatic rings. The number of aromatic nitrogens is 1. The first-order valence-corrected chi connectivity index (χ1v) is 6.23. The van der Waals surface area contributed by atoms with Crippen LogP contribution in [0, 0.1) is 0 Å². The number of nitrogens with zero attached hydrogens (tertiary/aromatic N) is 1. The van der Waals surface area contributed by atoms with E-state index in [4.69, 9.17) is 0 Å². The van der Waals surface area contributed by atoms with E-state index in [1.54, 1.807) is 24.5 Å². The Balaban J connectivity index is 1.98. The van der Waals surface area contributed by atoms with Gasteiger partial charge in [-0.25, -0.2) is 4.79 Å². The maximum absolute atomic E-state index is 11.3. The standard InChI is InChI=1S/C17H15NO2/c1-20-17(19)16-8-6-14(7-9-16)4-2-3-5-15-10-12-18-13-11-15/h2-13H,1H3/b4-2+,5-3+. The molecule has 2 aromatic rings. The van der Waals surface area contributed by atoms with Crippen molar-refractivity contribution >= 4 is 18.1 Å². The number of carbonyl (C=O) groups is 1. The molecule has 0 fully saturated rings. The van der Waals surface area contributed by atoms with E-state index in [1.165, 1.54) is 7.11 Å². The van der Waals surface area contributed by atoms with E-state index in [9.17, 15) is 4.79 Å². The summed E-state index contributed by atoms with van der Waals surface area (Å²) >= 11 is 0. The molecule has 0 spiro atoms. The van der Waals surface area contributed by atoms with Crippen molar-refractivity contribution in [3.63, 3.8) is 0 Å². The van der Waals surface area contributed by atoms with Crippen LogP contribution in [0.5, 0.6) is 0 Å². The normalized spacial score (nSPS) is 11.1. The molecule has 3 nitrogen and oxygen atoms in total. The number of benzene rings is 1. The molecule has 1 heterocycles. The molecule has 0 amide bonds. The minimum Gasteiger partial charge on any atom is -0.465 e. The van der Waals surface area contributed by atoms with Crippen LogP contribution in [0.2, 0.25) is 0 Å². The first-order chi connectivity index (χ1) is 9.79. The van der Waals surface area contributed by atoms with E-state index >= 15 is 0 Å². The van der Waals surface area contributed by atoms with Crippen molar-refractivity contribution in [2.75, 3.05) is 7.11 Å². The van der Waals surface area contributed by atoms with Crippen molar-refractivity contribution in [3.05, 3.63) is 77.6 Å². The number of hydrogen-bond acceptors (Lipinski definition) is 3. The quantitative estimate of drug-likeness (QED) is 0.626. The number of rotatable bonds is 4. The van der Waals surface area contributed by atoms with Crippen LogP contribution < -0.4 is 0 Å². The summed E-state index contributed by atoms with van der Waals surface area (Å²) in [6.45, 7) is 0. The Morgan fingerprint density at radius 2 is 1.50 bits per heavy atom. The van der Waals surface area contributed by atoms with Gasteiger partial charge in [-0.1, -0.05) is 36.4 Å². The van der Waals surface area contributed by atoms with Gasteiger partial charge in [-0.2, -0.15) is 0 Å². The first kappa shape index (κ1) is 13.7. The molecule has 0 atom stereocenters. The van der Waals surface area contributed by atoms with Crippen molar-refractivity contribution < 1.29 is 9.53 Å². The molecule has 0 bridgehead atoms. The van der Waals surface area contributed by atoms with E-state index in [2.05, 4.69) is 9.72 Å². The van der Waals surface area contributed by atoms with Gasteiger partial charge in [0.25, 0.3) is 0 Å². The van der Waals surface area contributed by atoms with Crippen molar-refractivity contribution in [1.82, 2.24) is 4.98 Å². The number of pyridine rings is 1. The van der Waals surface area contributed by atoms with Gasteiger partial charge in [-0.15, -0.1) is 0 Å². The second kappa shape index (κ2) is 7.04. The van der Waals surface area contributed by atoms with Gasteiger partial charge < -0.3 is 4.74 Å². The Labute approximate surface area is 118 Å². The molecule has 1 aromatic heterocycles. The van der Waals surface area contributed by atoms with Gasteiger partial charge in [0.2, 0.25) is 0 Å². The fraction of sp³-hybridized carbons (Fsp3) is 0.0588. The SMILES string of the molecule is COC(=O)c1ccc(/C=C/C=C/c2ccncc2)cc1. The molecule has 0 aliphatic heterocycles. The summed E-state index contributed by atoms with van der Waals surface area (Å²) in [5.41, 5.74) is 2.68. The second-order valence-electron chi connectivity index (χ2n) is 4.11. The van der Waals surface area contributed by atoms with Gasteiger partial charge in [0, 0.05) is 12.4 Å². The Morgan fingerprint density at radius 3 is 2.05 bits per heavy atom. The van der Waals surface area contributed by atoms with Crippen LogP contribution in [0.3, 0.4) is 0 Å². The molecule has 0 saturated carbocycles. The van der Waals surface area contributed by atoms with Gasteiger partial charge in [0.15, 0.2) is 0 Å². The zero-order valence-electron chi connectivity index (χ0n) is 11.2. The van der Waals surface area contributed by atoms with Gasteiger partial charge in [-0.05, 0) is 35.4 Å². The van der Waals surface area contributed by atoms with E-state index in [-0.39, 0.29) is 5.97 Å². The monoisotopic (exact) mass is 265 g/mol. The number of hydrogen-bond donors (Lipinski definition) is 0. The smallest absolute Gasteiger partial charge is 0.337 e. The molecule has 2 rings (SSSR count). The predicted molar refractivity (Wildman–Crippen MR) is 80.1 cm³/mol. The molecule has 0 saturated heterocycles. The molecule has 20 heavy (non-hydrogen) atoms. The van der Waals surface area contributed by atoms with E-state index in [0.717, 1.165) is 11.1 Å². The van der Waals surface area contributed by atoms with Crippen LogP contribution in [0.4, 0.5) is 0 Å². The van der Waals surface area contributed by atoms with E-state index < -0.39 is 0 Å². The summed E-state index contributed by atoms with van der Waals surface area (Å²) in [5.74, 6) is -0.321. The Bertz CT molecular complexity index is 613. The molecule has 100 valence electrons. The summed E-state index contributed by atoms with van der Waals surface area (Å²) in [6.07, 6.45) is 11.4. The lowest BCUT2D eigenvalue weighted by Crippen LogP contribution is -2.00.